The van der Waals surface area contributed by atoms with Gasteiger partial charge in [-0.1, -0.05) is 6.07 Å². The molecule has 1 unspecified atom stereocenters. The van der Waals surface area contributed by atoms with Crippen molar-refractivity contribution < 1.29 is 23.9 Å². The van der Waals surface area contributed by atoms with Crippen LogP contribution in [0.5, 0.6) is 0 Å². The van der Waals surface area contributed by atoms with E-state index >= 15 is 0 Å². The highest BCUT2D eigenvalue weighted by Crippen LogP contribution is 2.16. The Balaban J connectivity index is 2.83. The van der Waals surface area contributed by atoms with Crippen LogP contribution in [0.4, 0.5) is 10.1 Å². The number of carboxylic acid groups (broad SMARTS) is 1. The van der Waals surface area contributed by atoms with Crippen LogP contribution in [0.15, 0.2) is 18.2 Å². The first-order valence-electron chi connectivity index (χ1n) is 5.69. The number of hydrogen-bond donors (Lipinski definition) is 4. The molecule has 0 aliphatic carbocycles. The molecule has 0 bridgehead atoms. The third-order valence-corrected chi connectivity index (χ3v) is 2.58. The average molecular weight is 283 g/mol. The number of rotatable bonds is 6. The van der Waals surface area contributed by atoms with Crippen LogP contribution in [0.2, 0.25) is 0 Å². The lowest BCUT2D eigenvalue weighted by Crippen LogP contribution is -2.41. The fourth-order valence-electron chi connectivity index (χ4n) is 1.52. The van der Waals surface area contributed by atoms with E-state index in [2.05, 4.69) is 5.32 Å². The molecule has 1 rings (SSSR count). The number of carboxylic acids is 1. The van der Waals surface area contributed by atoms with E-state index < -0.39 is 29.6 Å². The fourth-order valence-corrected chi connectivity index (χ4v) is 1.52. The SMILES string of the molecule is NC(=O)CCC(NC(=O)c1cccc(F)c1N)C(=O)O. The van der Waals surface area contributed by atoms with Gasteiger partial charge < -0.3 is 21.9 Å². The predicted molar refractivity (Wildman–Crippen MR) is 68.1 cm³/mol. The van der Waals surface area contributed by atoms with Gasteiger partial charge in [-0.25, -0.2) is 9.18 Å². The molecule has 0 heterocycles. The Morgan fingerprint density at radius 1 is 1.35 bits per heavy atom. The minimum atomic E-state index is -1.32. The molecule has 0 fully saturated rings. The van der Waals surface area contributed by atoms with Crippen LogP contribution >= 0.6 is 0 Å². The van der Waals surface area contributed by atoms with Crippen LogP contribution in [-0.2, 0) is 9.59 Å². The standard InChI is InChI=1S/C12H14FN3O4/c13-7-3-1-2-6(10(7)15)11(18)16-8(12(19)20)4-5-9(14)17/h1-3,8H,4-5,15H2,(H2,14,17)(H,16,18)(H,19,20). The topological polar surface area (TPSA) is 136 Å². The lowest BCUT2D eigenvalue weighted by atomic mass is 10.1. The van der Waals surface area contributed by atoms with Crippen molar-refractivity contribution in [3.63, 3.8) is 0 Å². The summed E-state index contributed by atoms with van der Waals surface area (Å²) >= 11 is 0. The van der Waals surface area contributed by atoms with Crippen LogP contribution in [0.1, 0.15) is 23.2 Å². The third-order valence-electron chi connectivity index (χ3n) is 2.58. The van der Waals surface area contributed by atoms with E-state index in [1.165, 1.54) is 12.1 Å². The third kappa shape index (κ3) is 3.94. The normalized spacial score (nSPS) is 11.7. The number of benzene rings is 1. The van der Waals surface area contributed by atoms with E-state index in [4.69, 9.17) is 16.6 Å². The molecular weight excluding hydrogens is 269 g/mol. The number of para-hydroxylation sites is 1. The van der Waals surface area contributed by atoms with Gasteiger partial charge in [0.1, 0.15) is 11.9 Å². The predicted octanol–water partition coefficient (Wildman–Crippen LogP) is -0.144. The van der Waals surface area contributed by atoms with Crippen LogP contribution in [0.3, 0.4) is 0 Å². The van der Waals surface area contributed by atoms with Gasteiger partial charge in [-0.15, -0.1) is 0 Å². The number of carbonyl (C=O) groups is 3. The summed E-state index contributed by atoms with van der Waals surface area (Å²) in [6, 6.07) is 2.31. The zero-order valence-electron chi connectivity index (χ0n) is 10.4. The molecule has 0 radical (unpaired) electrons. The quantitative estimate of drug-likeness (QED) is 0.539. The molecule has 0 spiro atoms. The number of aliphatic carboxylic acids is 1. The summed E-state index contributed by atoms with van der Waals surface area (Å²) in [6.07, 6.45) is -0.360. The van der Waals surface area contributed by atoms with Crippen molar-refractivity contribution in [1.29, 1.82) is 0 Å². The van der Waals surface area contributed by atoms with Gasteiger partial charge >= 0.3 is 5.97 Å². The van der Waals surface area contributed by atoms with E-state index in [9.17, 15) is 18.8 Å². The first kappa shape index (κ1) is 15.4. The Morgan fingerprint density at radius 3 is 2.55 bits per heavy atom. The Morgan fingerprint density at radius 2 is 2.00 bits per heavy atom. The maximum absolute atomic E-state index is 13.2. The van der Waals surface area contributed by atoms with Crippen molar-refractivity contribution in [1.82, 2.24) is 5.32 Å². The minimum absolute atomic E-state index is 0.161. The van der Waals surface area contributed by atoms with E-state index in [0.717, 1.165) is 6.07 Å². The van der Waals surface area contributed by atoms with Crippen molar-refractivity contribution in [3.8, 4) is 0 Å². The minimum Gasteiger partial charge on any atom is -0.480 e. The van der Waals surface area contributed by atoms with Crippen LogP contribution in [0.25, 0.3) is 0 Å². The number of hydrogen-bond acceptors (Lipinski definition) is 4. The molecule has 0 aromatic heterocycles. The first-order chi connectivity index (χ1) is 9.32. The summed E-state index contributed by atoms with van der Waals surface area (Å²) in [5.41, 5.74) is 9.77. The maximum atomic E-state index is 13.2. The molecule has 8 heteroatoms. The number of nitrogens with two attached hydrogens (primary N) is 2. The van der Waals surface area contributed by atoms with Gasteiger partial charge in [-0.05, 0) is 18.6 Å². The number of nitrogen functional groups attached to an aromatic ring is 1. The monoisotopic (exact) mass is 283 g/mol. The van der Waals surface area contributed by atoms with Gasteiger partial charge in [0.05, 0.1) is 11.3 Å². The van der Waals surface area contributed by atoms with Crippen molar-refractivity contribution in [2.45, 2.75) is 18.9 Å². The second-order valence-corrected chi connectivity index (χ2v) is 4.07. The second kappa shape index (κ2) is 6.50. The lowest BCUT2D eigenvalue weighted by Gasteiger charge is -2.14. The number of carbonyl (C=O) groups excluding carboxylic acids is 2. The van der Waals surface area contributed by atoms with Crippen LogP contribution in [0, 0.1) is 5.82 Å². The zero-order chi connectivity index (χ0) is 15.3. The summed E-state index contributed by atoms with van der Waals surface area (Å²) in [5.74, 6) is -3.62. The highest BCUT2D eigenvalue weighted by molar-refractivity contribution is 6.00. The van der Waals surface area contributed by atoms with Crippen molar-refractivity contribution in [3.05, 3.63) is 29.6 Å². The Hall–Kier alpha value is -2.64. The van der Waals surface area contributed by atoms with E-state index in [1.807, 2.05) is 0 Å². The second-order valence-electron chi connectivity index (χ2n) is 4.07. The number of primary amides is 1. The molecule has 1 aromatic carbocycles. The molecule has 0 aliphatic rings. The van der Waals surface area contributed by atoms with Crippen LogP contribution < -0.4 is 16.8 Å². The summed E-state index contributed by atoms with van der Waals surface area (Å²) < 4.78 is 13.2. The first-order valence-corrected chi connectivity index (χ1v) is 5.69. The van der Waals surface area contributed by atoms with Crippen LogP contribution in [-0.4, -0.2) is 28.9 Å². The molecular formula is C12H14FN3O4. The Kier molecular flexibility index (Phi) is 5.01. The van der Waals surface area contributed by atoms with Gasteiger partial charge in [-0.2, -0.15) is 0 Å². The summed E-state index contributed by atoms with van der Waals surface area (Å²) in [7, 11) is 0. The summed E-state index contributed by atoms with van der Waals surface area (Å²) in [4.78, 5) is 33.4. The molecule has 7 nitrogen and oxygen atoms in total. The number of amides is 2. The molecule has 2 amide bonds. The summed E-state index contributed by atoms with van der Waals surface area (Å²) in [5, 5.41) is 11.1. The van der Waals surface area contributed by atoms with E-state index in [0.29, 0.717) is 0 Å². The average Bonchev–Trinajstić information content (AvgIpc) is 2.36. The molecule has 0 aliphatic heterocycles. The molecule has 20 heavy (non-hydrogen) atoms. The molecule has 0 saturated carbocycles. The van der Waals surface area contributed by atoms with Crippen molar-refractivity contribution in [2.75, 3.05) is 5.73 Å². The van der Waals surface area contributed by atoms with Gasteiger partial charge in [0.15, 0.2) is 0 Å². The number of halogens is 1. The van der Waals surface area contributed by atoms with Crippen molar-refractivity contribution >= 4 is 23.5 Å². The maximum Gasteiger partial charge on any atom is 0.326 e. The fraction of sp³-hybridized carbons (Fsp3) is 0.250. The van der Waals surface area contributed by atoms with Gasteiger partial charge in [0, 0.05) is 6.42 Å². The van der Waals surface area contributed by atoms with E-state index in [-0.39, 0.29) is 24.1 Å². The zero-order valence-corrected chi connectivity index (χ0v) is 10.4. The number of nitrogens with one attached hydrogen (secondary N) is 1. The van der Waals surface area contributed by atoms with Crippen molar-refractivity contribution in [2.24, 2.45) is 5.73 Å². The molecule has 0 saturated heterocycles. The Bertz CT molecular complexity index is 548. The van der Waals surface area contributed by atoms with Gasteiger partial charge in [0.25, 0.3) is 5.91 Å². The van der Waals surface area contributed by atoms with Gasteiger partial charge in [-0.3, -0.25) is 9.59 Å². The molecule has 6 N–H and O–H groups in total. The highest BCUT2D eigenvalue weighted by Gasteiger charge is 2.22. The number of anilines is 1. The molecule has 1 atom stereocenters. The summed E-state index contributed by atoms with van der Waals surface area (Å²) in [6.45, 7) is 0. The van der Waals surface area contributed by atoms with Gasteiger partial charge in [0.2, 0.25) is 5.91 Å². The highest BCUT2D eigenvalue weighted by atomic mass is 19.1. The largest absolute Gasteiger partial charge is 0.480 e. The Labute approximate surface area is 113 Å². The lowest BCUT2D eigenvalue weighted by molar-refractivity contribution is -0.139. The molecule has 108 valence electrons. The smallest absolute Gasteiger partial charge is 0.326 e. The van der Waals surface area contributed by atoms with E-state index in [1.54, 1.807) is 0 Å². The molecule has 1 aromatic rings.